The Bertz CT molecular complexity index is 595. The number of rotatable bonds is 5. The number of hydrogen-bond donors (Lipinski definition) is 2. The van der Waals surface area contributed by atoms with Gasteiger partial charge < -0.3 is 0 Å². The van der Waals surface area contributed by atoms with Crippen molar-refractivity contribution in [1.29, 1.82) is 0 Å². The average molecular weight is 304 g/mol. The van der Waals surface area contributed by atoms with Crippen molar-refractivity contribution in [3.63, 3.8) is 0 Å². The molecule has 5 heteroatoms. The molecule has 1 heterocycles. The van der Waals surface area contributed by atoms with Crippen molar-refractivity contribution in [2.75, 3.05) is 0 Å². The number of aromatic nitrogens is 2. The summed E-state index contributed by atoms with van der Waals surface area (Å²) >= 11 is 1.44. The van der Waals surface area contributed by atoms with Crippen LogP contribution in [-0.4, -0.2) is 9.59 Å². The third kappa shape index (κ3) is 3.48. The summed E-state index contributed by atoms with van der Waals surface area (Å²) in [5.41, 5.74) is 9.28. The molecule has 0 aliphatic carbocycles. The highest BCUT2D eigenvalue weighted by atomic mass is 32.1. The van der Waals surface area contributed by atoms with E-state index in [2.05, 4.69) is 61.8 Å². The van der Waals surface area contributed by atoms with E-state index < -0.39 is 0 Å². The molecule has 1 unspecified atom stereocenters. The molecule has 1 aromatic heterocycles. The maximum atomic E-state index is 5.81. The summed E-state index contributed by atoms with van der Waals surface area (Å²) in [6, 6.07) is 4.51. The first-order valence-corrected chi connectivity index (χ1v) is 8.06. The van der Waals surface area contributed by atoms with Gasteiger partial charge in [-0.15, -0.1) is 5.10 Å². The normalized spacial score (nSPS) is 12.9. The van der Waals surface area contributed by atoms with Crippen LogP contribution < -0.4 is 11.3 Å². The van der Waals surface area contributed by atoms with E-state index in [-0.39, 0.29) is 6.04 Å². The molecule has 0 aliphatic rings. The SMILES string of the molecule is Cc1cc(C)c(CC(NN)c2snnc2C(C)C)c(C)c1. The lowest BCUT2D eigenvalue weighted by atomic mass is 9.93. The third-order valence-corrected chi connectivity index (χ3v) is 4.71. The topological polar surface area (TPSA) is 63.8 Å². The molecule has 4 nitrogen and oxygen atoms in total. The minimum absolute atomic E-state index is 0.0579. The number of benzene rings is 1. The van der Waals surface area contributed by atoms with Gasteiger partial charge in [-0.1, -0.05) is 36.0 Å². The van der Waals surface area contributed by atoms with Gasteiger partial charge >= 0.3 is 0 Å². The fourth-order valence-corrected chi connectivity index (χ4v) is 3.68. The highest BCUT2D eigenvalue weighted by Crippen LogP contribution is 2.30. The Morgan fingerprint density at radius 3 is 2.33 bits per heavy atom. The van der Waals surface area contributed by atoms with Crippen molar-refractivity contribution in [3.8, 4) is 0 Å². The molecule has 21 heavy (non-hydrogen) atoms. The van der Waals surface area contributed by atoms with Crippen LogP contribution in [0.5, 0.6) is 0 Å². The second-order valence-corrected chi connectivity index (χ2v) is 6.76. The zero-order chi connectivity index (χ0) is 15.6. The van der Waals surface area contributed by atoms with Crippen LogP contribution >= 0.6 is 11.5 Å². The van der Waals surface area contributed by atoms with Crippen LogP contribution in [0.25, 0.3) is 0 Å². The Labute approximate surface area is 130 Å². The number of nitrogens with zero attached hydrogens (tertiary/aromatic N) is 2. The molecular weight excluding hydrogens is 280 g/mol. The van der Waals surface area contributed by atoms with Crippen LogP contribution in [-0.2, 0) is 6.42 Å². The van der Waals surface area contributed by atoms with Gasteiger partial charge in [0.25, 0.3) is 0 Å². The van der Waals surface area contributed by atoms with E-state index in [0.717, 1.165) is 17.0 Å². The molecule has 2 aromatic rings. The second kappa shape index (κ2) is 6.64. The highest BCUT2D eigenvalue weighted by molar-refractivity contribution is 7.05. The smallest absolute Gasteiger partial charge is 0.0829 e. The molecule has 0 spiro atoms. The molecule has 114 valence electrons. The molecule has 0 saturated carbocycles. The van der Waals surface area contributed by atoms with Gasteiger partial charge in [-0.05, 0) is 61.3 Å². The standard InChI is InChI=1S/C16H24N4S/c1-9(2)15-16(21-20-19-15)14(18-17)8-13-11(4)6-10(3)7-12(13)5/h6-7,9,14,18H,8,17H2,1-5H3. The molecule has 0 amide bonds. The van der Waals surface area contributed by atoms with Crippen molar-refractivity contribution >= 4 is 11.5 Å². The van der Waals surface area contributed by atoms with E-state index >= 15 is 0 Å². The van der Waals surface area contributed by atoms with Gasteiger partial charge in [-0.25, -0.2) is 0 Å². The first kappa shape index (κ1) is 16.1. The Balaban J connectivity index is 2.34. The number of aryl methyl sites for hydroxylation is 3. The quantitative estimate of drug-likeness (QED) is 0.657. The van der Waals surface area contributed by atoms with E-state index in [1.165, 1.54) is 33.8 Å². The Kier molecular flexibility index (Phi) is 5.08. The van der Waals surface area contributed by atoms with Crippen LogP contribution in [0.3, 0.4) is 0 Å². The predicted octanol–water partition coefficient (Wildman–Crippen LogP) is 3.33. The maximum Gasteiger partial charge on any atom is 0.0829 e. The monoisotopic (exact) mass is 304 g/mol. The van der Waals surface area contributed by atoms with Crippen LogP contribution in [0.4, 0.5) is 0 Å². The fourth-order valence-electron chi connectivity index (χ4n) is 2.81. The third-order valence-electron chi connectivity index (χ3n) is 3.85. The molecule has 1 aromatic carbocycles. The lowest BCUT2D eigenvalue weighted by Crippen LogP contribution is -2.30. The van der Waals surface area contributed by atoms with Crippen molar-refractivity contribution in [3.05, 3.63) is 45.0 Å². The number of hydrazine groups is 1. The zero-order valence-corrected chi connectivity index (χ0v) is 14.2. The molecule has 0 fully saturated rings. The van der Waals surface area contributed by atoms with Gasteiger partial charge in [0, 0.05) is 0 Å². The van der Waals surface area contributed by atoms with E-state index in [1.807, 2.05) is 0 Å². The van der Waals surface area contributed by atoms with Gasteiger partial charge in [0.15, 0.2) is 0 Å². The van der Waals surface area contributed by atoms with E-state index in [9.17, 15) is 0 Å². The first-order chi connectivity index (χ1) is 9.93. The van der Waals surface area contributed by atoms with Gasteiger partial charge in [-0.2, -0.15) is 0 Å². The number of nitrogens with one attached hydrogen (secondary N) is 1. The van der Waals surface area contributed by atoms with Crippen molar-refractivity contribution in [1.82, 2.24) is 15.0 Å². The van der Waals surface area contributed by atoms with E-state index in [0.29, 0.717) is 5.92 Å². The number of nitrogens with two attached hydrogens (primary N) is 1. The fraction of sp³-hybridized carbons (Fsp3) is 0.500. The van der Waals surface area contributed by atoms with E-state index in [4.69, 9.17) is 5.84 Å². The predicted molar refractivity (Wildman–Crippen MR) is 88.4 cm³/mol. The summed E-state index contributed by atoms with van der Waals surface area (Å²) in [4.78, 5) is 1.15. The molecule has 3 N–H and O–H groups in total. The molecule has 0 saturated heterocycles. The zero-order valence-electron chi connectivity index (χ0n) is 13.4. The molecule has 0 bridgehead atoms. The van der Waals surface area contributed by atoms with Gasteiger partial charge in [0.1, 0.15) is 0 Å². The van der Waals surface area contributed by atoms with Crippen molar-refractivity contribution < 1.29 is 0 Å². The number of hydrogen-bond acceptors (Lipinski definition) is 5. The minimum Gasteiger partial charge on any atom is -0.271 e. The summed E-state index contributed by atoms with van der Waals surface area (Å²) in [6.45, 7) is 10.7. The summed E-state index contributed by atoms with van der Waals surface area (Å²) in [5.74, 6) is 6.17. The molecule has 0 aliphatic heterocycles. The molecule has 1 atom stereocenters. The summed E-state index contributed by atoms with van der Waals surface area (Å²) < 4.78 is 4.11. The summed E-state index contributed by atoms with van der Waals surface area (Å²) in [7, 11) is 0. The lowest BCUT2D eigenvalue weighted by molar-refractivity contribution is 0.549. The van der Waals surface area contributed by atoms with Crippen molar-refractivity contribution in [2.24, 2.45) is 5.84 Å². The summed E-state index contributed by atoms with van der Waals surface area (Å²) in [6.07, 6.45) is 0.859. The van der Waals surface area contributed by atoms with Gasteiger partial charge in [-0.3, -0.25) is 11.3 Å². The lowest BCUT2D eigenvalue weighted by Gasteiger charge is -2.19. The van der Waals surface area contributed by atoms with Crippen LogP contribution in [0, 0.1) is 20.8 Å². The largest absolute Gasteiger partial charge is 0.271 e. The van der Waals surface area contributed by atoms with Gasteiger partial charge in [0.05, 0.1) is 16.6 Å². The van der Waals surface area contributed by atoms with Crippen molar-refractivity contribution in [2.45, 2.75) is 53.0 Å². The summed E-state index contributed by atoms with van der Waals surface area (Å²) in [5, 5.41) is 4.26. The Morgan fingerprint density at radius 1 is 1.19 bits per heavy atom. The van der Waals surface area contributed by atoms with Crippen LogP contribution in [0.1, 0.15) is 58.6 Å². The second-order valence-electron chi connectivity index (χ2n) is 5.98. The Hall–Kier alpha value is -1.30. The minimum atomic E-state index is 0.0579. The Morgan fingerprint density at radius 2 is 1.81 bits per heavy atom. The van der Waals surface area contributed by atoms with Crippen LogP contribution in [0.15, 0.2) is 12.1 Å². The maximum absolute atomic E-state index is 5.81. The van der Waals surface area contributed by atoms with Gasteiger partial charge in [0.2, 0.25) is 0 Å². The highest BCUT2D eigenvalue weighted by Gasteiger charge is 2.21. The van der Waals surface area contributed by atoms with E-state index in [1.54, 1.807) is 0 Å². The van der Waals surface area contributed by atoms with Crippen LogP contribution in [0.2, 0.25) is 0 Å². The molecular formula is C16H24N4S. The average Bonchev–Trinajstić information content (AvgIpc) is 2.87. The molecule has 2 rings (SSSR count). The first-order valence-electron chi connectivity index (χ1n) is 7.29. The molecule has 0 radical (unpaired) electrons.